The van der Waals surface area contributed by atoms with E-state index in [2.05, 4.69) is 20.2 Å². The van der Waals surface area contributed by atoms with Crippen molar-refractivity contribution in [1.82, 2.24) is 20.0 Å². The van der Waals surface area contributed by atoms with E-state index in [1.54, 1.807) is 23.0 Å². The minimum atomic E-state index is 0.0676. The molecule has 0 aromatic carbocycles. The van der Waals surface area contributed by atoms with Gasteiger partial charge in [0.25, 0.3) is 0 Å². The van der Waals surface area contributed by atoms with Gasteiger partial charge in [-0.15, -0.1) is 16.4 Å². The van der Waals surface area contributed by atoms with E-state index in [4.69, 9.17) is 16.3 Å². The van der Waals surface area contributed by atoms with Crippen LogP contribution < -0.4 is 4.90 Å². The van der Waals surface area contributed by atoms with Gasteiger partial charge in [-0.2, -0.15) is 0 Å². The van der Waals surface area contributed by atoms with Crippen molar-refractivity contribution in [2.24, 2.45) is 0 Å². The number of carbonyl (C=O) groups excluding carboxylic acids is 1. The number of nitrogens with zero attached hydrogens (tertiary/aromatic N) is 5. The summed E-state index contributed by atoms with van der Waals surface area (Å²) in [5, 5.41) is 8.31. The number of rotatable bonds is 6. The average Bonchev–Trinajstić information content (AvgIpc) is 3.36. The molecule has 1 aliphatic heterocycles. The van der Waals surface area contributed by atoms with Crippen molar-refractivity contribution in [1.29, 1.82) is 0 Å². The number of aromatic nitrogens is 4. The molecule has 0 amide bonds. The van der Waals surface area contributed by atoms with Gasteiger partial charge in [0, 0.05) is 25.9 Å². The second kappa shape index (κ2) is 8.16. The van der Waals surface area contributed by atoms with Gasteiger partial charge in [-0.05, 0) is 24.3 Å². The standard InChI is InChI=1S/C18H18ClN5O2S/c19-17-5-4-16(27-17)15(25)3-1-13-12-24(22-21-13)14-2-6-18(20-11-14)23-7-9-26-10-8-23/h2,4-6,11-12H,1,3,7-10H2. The number of halogens is 1. The second-order valence-electron chi connectivity index (χ2n) is 6.16. The first-order valence-electron chi connectivity index (χ1n) is 8.68. The summed E-state index contributed by atoms with van der Waals surface area (Å²) >= 11 is 7.18. The lowest BCUT2D eigenvalue weighted by molar-refractivity contribution is 0.0986. The van der Waals surface area contributed by atoms with E-state index in [1.807, 2.05) is 18.3 Å². The van der Waals surface area contributed by atoms with E-state index in [9.17, 15) is 4.79 Å². The smallest absolute Gasteiger partial charge is 0.173 e. The summed E-state index contributed by atoms with van der Waals surface area (Å²) in [4.78, 5) is 19.6. The quantitative estimate of drug-likeness (QED) is 0.589. The summed E-state index contributed by atoms with van der Waals surface area (Å²) in [5.41, 5.74) is 1.60. The highest BCUT2D eigenvalue weighted by atomic mass is 35.5. The number of morpholine rings is 1. The van der Waals surface area contributed by atoms with Crippen molar-refractivity contribution in [3.05, 3.63) is 51.6 Å². The van der Waals surface area contributed by atoms with Gasteiger partial charge in [0.1, 0.15) is 5.82 Å². The lowest BCUT2D eigenvalue weighted by Gasteiger charge is -2.27. The molecule has 0 unspecified atom stereocenters. The topological polar surface area (TPSA) is 73.1 Å². The highest BCUT2D eigenvalue weighted by Gasteiger charge is 2.13. The van der Waals surface area contributed by atoms with Crippen LogP contribution in [0.1, 0.15) is 21.8 Å². The minimum Gasteiger partial charge on any atom is -0.378 e. The predicted octanol–water partition coefficient (Wildman–Crippen LogP) is 3.03. The Morgan fingerprint density at radius 3 is 2.78 bits per heavy atom. The first-order valence-corrected chi connectivity index (χ1v) is 9.87. The minimum absolute atomic E-state index is 0.0676. The maximum Gasteiger partial charge on any atom is 0.173 e. The van der Waals surface area contributed by atoms with Gasteiger partial charge in [-0.25, -0.2) is 9.67 Å². The van der Waals surface area contributed by atoms with Crippen LogP contribution in [0.3, 0.4) is 0 Å². The average molecular weight is 404 g/mol. The van der Waals surface area contributed by atoms with Gasteiger partial charge in [-0.3, -0.25) is 4.79 Å². The third kappa shape index (κ3) is 4.35. The number of aryl methyl sites for hydroxylation is 1. The number of ketones is 1. The zero-order valence-electron chi connectivity index (χ0n) is 14.5. The van der Waals surface area contributed by atoms with Gasteiger partial charge < -0.3 is 9.64 Å². The van der Waals surface area contributed by atoms with Crippen molar-refractivity contribution in [3.8, 4) is 5.69 Å². The van der Waals surface area contributed by atoms with Crippen molar-refractivity contribution < 1.29 is 9.53 Å². The fourth-order valence-electron chi connectivity index (χ4n) is 2.86. The Morgan fingerprint density at radius 1 is 1.22 bits per heavy atom. The van der Waals surface area contributed by atoms with Crippen molar-refractivity contribution in [2.75, 3.05) is 31.2 Å². The molecular formula is C18H18ClN5O2S. The Balaban J connectivity index is 1.37. The Kier molecular flexibility index (Phi) is 5.47. The molecule has 1 fully saturated rings. The van der Waals surface area contributed by atoms with E-state index < -0.39 is 0 Å². The zero-order valence-corrected chi connectivity index (χ0v) is 16.1. The van der Waals surface area contributed by atoms with Crippen LogP contribution in [0.25, 0.3) is 5.69 Å². The number of thiophene rings is 1. The number of hydrogen-bond donors (Lipinski definition) is 0. The van der Waals surface area contributed by atoms with Crippen LogP contribution >= 0.6 is 22.9 Å². The molecule has 27 heavy (non-hydrogen) atoms. The lowest BCUT2D eigenvalue weighted by atomic mass is 10.1. The van der Waals surface area contributed by atoms with Crippen LogP contribution in [-0.2, 0) is 11.2 Å². The fourth-order valence-corrected chi connectivity index (χ4v) is 3.87. The van der Waals surface area contributed by atoms with Crippen molar-refractivity contribution in [3.63, 3.8) is 0 Å². The van der Waals surface area contributed by atoms with Gasteiger partial charge in [0.2, 0.25) is 0 Å². The van der Waals surface area contributed by atoms with Crippen LogP contribution in [-0.4, -0.2) is 52.1 Å². The molecule has 7 nitrogen and oxygen atoms in total. The fraction of sp³-hybridized carbons (Fsp3) is 0.333. The maximum atomic E-state index is 12.2. The lowest BCUT2D eigenvalue weighted by Crippen LogP contribution is -2.36. The molecule has 3 aromatic heterocycles. The highest BCUT2D eigenvalue weighted by Crippen LogP contribution is 2.23. The molecule has 140 valence electrons. The summed E-state index contributed by atoms with van der Waals surface area (Å²) in [5.74, 6) is 1.00. The summed E-state index contributed by atoms with van der Waals surface area (Å²) < 4.78 is 7.67. The number of carbonyl (C=O) groups is 1. The van der Waals surface area contributed by atoms with Crippen LogP contribution in [0.5, 0.6) is 0 Å². The first-order chi connectivity index (χ1) is 13.2. The Bertz CT molecular complexity index is 918. The number of anilines is 1. The van der Waals surface area contributed by atoms with Crippen molar-refractivity contribution >= 4 is 34.5 Å². The van der Waals surface area contributed by atoms with Crippen LogP contribution in [0.4, 0.5) is 5.82 Å². The van der Waals surface area contributed by atoms with Gasteiger partial charge in [0.15, 0.2) is 5.78 Å². The normalized spacial score (nSPS) is 14.5. The molecule has 0 N–H and O–H groups in total. The Morgan fingerprint density at radius 2 is 2.07 bits per heavy atom. The summed E-state index contributed by atoms with van der Waals surface area (Å²) in [6.07, 6.45) is 4.53. The SMILES string of the molecule is O=C(CCc1cn(-c2ccc(N3CCOCC3)nc2)nn1)c1ccc(Cl)s1. The highest BCUT2D eigenvalue weighted by molar-refractivity contribution is 7.18. The van der Waals surface area contributed by atoms with E-state index >= 15 is 0 Å². The van der Waals surface area contributed by atoms with E-state index in [-0.39, 0.29) is 5.78 Å². The molecule has 0 atom stereocenters. The molecule has 1 aliphatic rings. The monoisotopic (exact) mass is 403 g/mol. The summed E-state index contributed by atoms with van der Waals surface area (Å²) in [6, 6.07) is 7.44. The second-order valence-corrected chi connectivity index (χ2v) is 7.87. The molecule has 0 saturated carbocycles. The molecule has 0 radical (unpaired) electrons. The van der Waals surface area contributed by atoms with Crippen molar-refractivity contribution in [2.45, 2.75) is 12.8 Å². The number of Topliss-reactive ketones (excluding diaryl/α,β-unsaturated/α-hetero) is 1. The molecule has 0 spiro atoms. The number of ether oxygens (including phenoxy) is 1. The zero-order chi connectivity index (χ0) is 18.6. The van der Waals surface area contributed by atoms with Crippen LogP contribution in [0, 0.1) is 0 Å². The molecule has 4 heterocycles. The number of hydrogen-bond acceptors (Lipinski definition) is 7. The Hall–Kier alpha value is -2.29. The summed E-state index contributed by atoms with van der Waals surface area (Å²) in [7, 11) is 0. The first kappa shape index (κ1) is 18.1. The molecule has 0 aliphatic carbocycles. The van der Waals surface area contributed by atoms with Gasteiger partial charge >= 0.3 is 0 Å². The maximum absolute atomic E-state index is 12.2. The summed E-state index contributed by atoms with van der Waals surface area (Å²) in [6.45, 7) is 3.16. The molecule has 4 rings (SSSR count). The van der Waals surface area contributed by atoms with Crippen LogP contribution in [0.2, 0.25) is 4.34 Å². The molecule has 3 aromatic rings. The molecule has 1 saturated heterocycles. The van der Waals surface area contributed by atoms with Crippen LogP contribution in [0.15, 0.2) is 36.7 Å². The third-order valence-electron chi connectivity index (χ3n) is 4.33. The molecule has 0 bridgehead atoms. The molecule has 9 heteroatoms. The number of pyridine rings is 1. The molecular weight excluding hydrogens is 386 g/mol. The predicted molar refractivity (Wildman–Crippen MR) is 104 cm³/mol. The largest absolute Gasteiger partial charge is 0.378 e. The van der Waals surface area contributed by atoms with Gasteiger partial charge in [0.05, 0.1) is 46.2 Å². The third-order valence-corrected chi connectivity index (χ3v) is 5.60. The van der Waals surface area contributed by atoms with E-state index in [0.29, 0.717) is 22.1 Å². The van der Waals surface area contributed by atoms with Gasteiger partial charge in [-0.1, -0.05) is 16.8 Å². The van der Waals surface area contributed by atoms with E-state index in [1.165, 1.54) is 11.3 Å². The van der Waals surface area contributed by atoms with E-state index in [0.717, 1.165) is 43.5 Å². The Labute approximate surface area is 165 Å².